The van der Waals surface area contributed by atoms with Gasteiger partial charge in [0, 0.05) is 12.5 Å². The SMILES string of the molecule is CCCC(=O)NC(C)CCSCC. The van der Waals surface area contributed by atoms with E-state index in [4.69, 9.17) is 0 Å². The maximum atomic E-state index is 11.2. The molecule has 0 saturated heterocycles. The highest BCUT2D eigenvalue weighted by Gasteiger charge is 2.05. The zero-order chi connectivity index (χ0) is 10.1. The van der Waals surface area contributed by atoms with E-state index in [0.717, 1.165) is 24.3 Å². The minimum Gasteiger partial charge on any atom is -0.354 e. The van der Waals surface area contributed by atoms with Crippen molar-refractivity contribution in [3.8, 4) is 0 Å². The maximum absolute atomic E-state index is 11.2. The Morgan fingerprint density at radius 3 is 2.69 bits per heavy atom. The average Bonchev–Trinajstić information content (AvgIpc) is 2.05. The minimum absolute atomic E-state index is 0.191. The van der Waals surface area contributed by atoms with Crippen LogP contribution >= 0.6 is 11.8 Å². The van der Waals surface area contributed by atoms with Gasteiger partial charge in [0.2, 0.25) is 5.91 Å². The molecule has 1 atom stereocenters. The monoisotopic (exact) mass is 203 g/mol. The molecule has 0 aliphatic carbocycles. The molecule has 0 rings (SSSR count). The van der Waals surface area contributed by atoms with Crippen LogP contribution in [0.2, 0.25) is 0 Å². The molecule has 3 heteroatoms. The summed E-state index contributed by atoms with van der Waals surface area (Å²) in [5.74, 6) is 2.50. The number of carbonyl (C=O) groups is 1. The number of amides is 1. The van der Waals surface area contributed by atoms with Crippen molar-refractivity contribution in [2.45, 2.75) is 46.1 Å². The number of hydrogen-bond acceptors (Lipinski definition) is 2. The molecule has 0 saturated carbocycles. The first-order chi connectivity index (χ1) is 6.20. The molecule has 13 heavy (non-hydrogen) atoms. The highest BCUT2D eigenvalue weighted by Crippen LogP contribution is 2.03. The quantitative estimate of drug-likeness (QED) is 0.644. The molecule has 2 nitrogen and oxygen atoms in total. The molecular formula is C10H21NOS. The smallest absolute Gasteiger partial charge is 0.220 e. The molecule has 0 aliphatic rings. The lowest BCUT2D eigenvalue weighted by Gasteiger charge is -2.12. The second-order valence-electron chi connectivity index (χ2n) is 3.20. The van der Waals surface area contributed by atoms with Crippen LogP contribution < -0.4 is 5.32 Å². The van der Waals surface area contributed by atoms with E-state index in [2.05, 4.69) is 19.2 Å². The Bertz CT molecular complexity index is 139. The van der Waals surface area contributed by atoms with Crippen LogP contribution in [0.4, 0.5) is 0 Å². The fraction of sp³-hybridized carbons (Fsp3) is 0.900. The van der Waals surface area contributed by atoms with Gasteiger partial charge >= 0.3 is 0 Å². The molecule has 1 N–H and O–H groups in total. The van der Waals surface area contributed by atoms with Crippen LogP contribution in [0, 0.1) is 0 Å². The number of thioether (sulfide) groups is 1. The van der Waals surface area contributed by atoms with Gasteiger partial charge in [-0.1, -0.05) is 13.8 Å². The van der Waals surface area contributed by atoms with Crippen LogP contribution in [-0.2, 0) is 4.79 Å². The maximum Gasteiger partial charge on any atom is 0.220 e. The molecule has 0 aromatic heterocycles. The molecule has 1 unspecified atom stereocenters. The lowest BCUT2D eigenvalue weighted by Crippen LogP contribution is -2.32. The molecular weight excluding hydrogens is 182 g/mol. The van der Waals surface area contributed by atoms with Crippen molar-refractivity contribution in [2.75, 3.05) is 11.5 Å². The fourth-order valence-electron chi connectivity index (χ4n) is 1.05. The van der Waals surface area contributed by atoms with Crippen LogP contribution in [0.15, 0.2) is 0 Å². The second kappa shape index (κ2) is 8.42. The third-order valence-corrected chi connectivity index (χ3v) is 2.72. The van der Waals surface area contributed by atoms with Gasteiger partial charge in [-0.3, -0.25) is 4.79 Å². The summed E-state index contributed by atoms with van der Waals surface area (Å²) >= 11 is 1.93. The van der Waals surface area contributed by atoms with Gasteiger partial charge in [-0.05, 0) is 31.3 Å². The zero-order valence-electron chi connectivity index (χ0n) is 8.93. The average molecular weight is 203 g/mol. The molecule has 0 spiro atoms. The summed E-state index contributed by atoms with van der Waals surface area (Å²) in [6.45, 7) is 6.26. The standard InChI is InChI=1S/C10H21NOS/c1-4-6-10(12)11-9(3)7-8-13-5-2/h9H,4-8H2,1-3H3,(H,11,12). The summed E-state index contributed by atoms with van der Waals surface area (Å²) in [6.07, 6.45) is 2.67. The normalized spacial score (nSPS) is 12.5. The van der Waals surface area contributed by atoms with Crippen LogP contribution in [0.1, 0.15) is 40.0 Å². The Balaban J connectivity index is 3.38. The van der Waals surface area contributed by atoms with E-state index in [1.54, 1.807) is 0 Å². The first kappa shape index (κ1) is 12.8. The van der Waals surface area contributed by atoms with Crippen molar-refractivity contribution in [3.05, 3.63) is 0 Å². The van der Waals surface area contributed by atoms with E-state index in [-0.39, 0.29) is 5.91 Å². The van der Waals surface area contributed by atoms with E-state index in [9.17, 15) is 4.79 Å². The van der Waals surface area contributed by atoms with Crippen LogP contribution in [0.25, 0.3) is 0 Å². The van der Waals surface area contributed by atoms with Gasteiger partial charge in [-0.25, -0.2) is 0 Å². The second-order valence-corrected chi connectivity index (χ2v) is 4.60. The van der Waals surface area contributed by atoms with E-state index in [1.807, 2.05) is 18.7 Å². The Hall–Kier alpha value is -0.180. The fourth-order valence-corrected chi connectivity index (χ4v) is 1.86. The van der Waals surface area contributed by atoms with Crippen LogP contribution in [-0.4, -0.2) is 23.5 Å². The highest BCUT2D eigenvalue weighted by molar-refractivity contribution is 7.99. The van der Waals surface area contributed by atoms with Gasteiger partial charge in [-0.15, -0.1) is 0 Å². The predicted molar refractivity (Wildman–Crippen MR) is 60.1 cm³/mol. The van der Waals surface area contributed by atoms with Gasteiger partial charge in [0.05, 0.1) is 0 Å². The summed E-state index contributed by atoms with van der Waals surface area (Å²) in [6, 6.07) is 0.332. The largest absolute Gasteiger partial charge is 0.354 e. The number of rotatable bonds is 7. The summed E-state index contributed by atoms with van der Waals surface area (Å²) in [5, 5.41) is 2.99. The molecule has 78 valence electrons. The van der Waals surface area contributed by atoms with Crippen LogP contribution in [0.5, 0.6) is 0 Å². The van der Waals surface area contributed by atoms with Crippen molar-refractivity contribution >= 4 is 17.7 Å². The first-order valence-electron chi connectivity index (χ1n) is 5.07. The molecule has 0 fully saturated rings. The summed E-state index contributed by atoms with van der Waals surface area (Å²) in [5.41, 5.74) is 0. The number of carbonyl (C=O) groups excluding carboxylic acids is 1. The molecule has 0 heterocycles. The van der Waals surface area contributed by atoms with Gasteiger partial charge in [0.1, 0.15) is 0 Å². The van der Waals surface area contributed by atoms with Crippen molar-refractivity contribution in [2.24, 2.45) is 0 Å². The van der Waals surface area contributed by atoms with E-state index in [0.29, 0.717) is 12.5 Å². The van der Waals surface area contributed by atoms with Crippen molar-refractivity contribution in [3.63, 3.8) is 0 Å². The van der Waals surface area contributed by atoms with E-state index in [1.165, 1.54) is 0 Å². The Labute approximate surface area is 85.9 Å². The van der Waals surface area contributed by atoms with Crippen molar-refractivity contribution in [1.29, 1.82) is 0 Å². The molecule has 0 aromatic carbocycles. The van der Waals surface area contributed by atoms with Gasteiger partial charge < -0.3 is 5.32 Å². The lowest BCUT2D eigenvalue weighted by atomic mass is 10.2. The lowest BCUT2D eigenvalue weighted by molar-refractivity contribution is -0.121. The third kappa shape index (κ3) is 8.16. The Kier molecular flexibility index (Phi) is 8.30. The third-order valence-electron chi connectivity index (χ3n) is 1.78. The summed E-state index contributed by atoms with van der Waals surface area (Å²) in [4.78, 5) is 11.2. The predicted octanol–water partition coefficient (Wildman–Crippen LogP) is 2.43. The van der Waals surface area contributed by atoms with Crippen molar-refractivity contribution in [1.82, 2.24) is 5.32 Å². The highest BCUT2D eigenvalue weighted by atomic mass is 32.2. The number of nitrogens with one attached hydrogen (secondary N) is 1. The van der Waals surface area contributed by atoms with Crippen LogP contribution in [0.3, 0.4) is 0 Å². The van der Waals surface area contributed by atoms with Gasteiger partial charge in [-0.2, -0.15) is 11.8 Å². The minimum atomic E-state index is 0.191. The molecule has 0 aliphatic heterocycles. The van der Waals surface area contributed by atoms with E-state index >= 15 is 0 Å². The topological polar surface area (TPSA) is 29.1 Å². The summed E-state index contributed by atoms with van der Waals surface area (Å²) < 4.78 is 0. The van der Waals surface area contributed by atoms with Crippen molar-refractivity contribution < 1.29 is 4.79 Å². The first-order valence-corrected chi connectivity index (χ1v) is 6.23. The van der Waals surface area contributed by atoms with Gasteiger partial charge in [0.15, 0.2) is 0 Å². The Morgan fingerprint density at radius 1 is 1.46 bits per heavy atom. The molecule has 0 radical (unpaired) electrons. The van der Waals surface area contributed by atoms with Gasteiger partial charge in [0.25, 0.3) is 0 Å². The zero-order valence-corrected chi connectivity index (χ0v) is 9.75. The number of hydrogen-bond donors (Lipinski definition) is 1. The summed E-state index contributed by atoms with van der Waals surface area (Å²) in [7, 11) is 0. The molecule has 0 aromatic rings. The molecule has 0 bridgehead atoms. The Morgan fingerprint density at radius 2 is 2.15 bits per heavy atom. The van der Waals surface area contributed by atoms with E-state index < -0.39 is 0 Å². The molecule has 1 amide bonds.